The smallest absolute Gasteiger partial charge is 0.258 e. The molecule has 0 aromatic carbocycles. The molecule has 0 atom stereocenters. The maximum absolute atomic E-state index is 13.2. The van der Waals surface area contributed by atoms with E-state index < -0.39 is 5.82 Å². The molecule has 21 heavy (non-hydrogen) atoms. The number of imidazole rings is 1. The van der Waals surface area contributed by atoms with E-state index in [0.717, 1.165) is 17.4 Å². The molecule has 4 aromatic rings. The van der Waals surface area contributed by atoms with Gasteiger partial charge in [0, 0.05) is 36.4 Å². The molecule has 0 N–H and O–H groups in total. The first-order valence-corrected chi connectivity index (χ1v) is 6.33. The van der Waals surface area contributed by atoms with Gasteiger partial charge in [-0.15, -0.1) is 0 Å². The number of fused-ring (bicyclic) bond motifs is 2. The number of nitrogens with zero attached hydrogens (tertiary/aromatic N) is 4. The molecule has 0 unspecified atom stereocenters. The maximum atomic E-state index is 13.2. The lowest BCUT2D eigenvalue weighted by atomic mass is 10.2. The third kappa shape index (κ3) is 1.88. The summed E-state index contributed by atoms with van der Waals surface area (Å²) in [7, 11) is 0. The highest BCUT2D eigenvalue weighted by Gasteiger charge is 2.06. The third-order valence-electron chi connectivity index (χ3n) is 3.32. The van der Waals surface area contributed by atoms with Crippen molar-refractivity contribution in [2.24, 2.45) is 0 Å². The molecule has 102 valence electrons. The average molecular weight is 280 g/mol. The van der Waals surface area contributed by atoms with Crippen LogP contribution in [0.1, 0.15) is 0 Å². The third-order valence-corrected chi connectivity index (χ3v) is 3.32. The van der Waals surface area contributed by atoms with E-state index in [-0.39, 0.29) is 5.56 Å². The lowest BCUT2D eigenvalue weighted by Gasteiger charge is -2.05. The summed E-state index contributed by atoms with van der Waals surface area (Å²) in [5.41, 5.74) is 2.18. The maximum Gasteiger partial charge on any atom is 0.258 e. The molecule has 0 radical (unpaired) electrons. The Kier molecular flexibility index (Phi) is 2.38. The lowest BCUT2D eigenvalue weighted by molar-refractivity contribution is 0.617. The van der Waals surface area contributed by atoms with Gasteiger partial charge in [0.25, 0.3) is 5.56 Å². The van der Waals surface area contributed by atoms with E-state index in [9.17, 15) is 9.18 Å². The molecular weight excluding hydrogens is 271 g/mol. The Labute approximate surface area is 118 Å². The van der Waals surface area contributed by atoms with E-state index in [1.807, 2.05) is 28.9 Å². The summed E-state index contributed by atoms with van der Waals surface area (Å²) in [6.45, 7) is 0. The monoisotopic (exact) mass is 280 g/mol. The molecule has 0 aliphatic heterocycles. The van der Waals surface area contributed by atoms with Crippen LogP contribution in [-0.2, 0) is 0 Å². The molecule has 0 saturated heterocycles. The van der Waals surface area contributed by atoms with E-state index in [0.29, 0.717) is 11.3 Å². The van der Waals surface area contributed by atoms with Crippen molar-refractivity contribution in [3.63, 3.8) is 0 Å². The van der Waals surface area contributed by atoms with Gasteiger partial charge in [0.05, 0.1) is 5.69 Å². The molecule has 0 aliphatic rings. The van der Waals surface area contributed by atoms with Crippen LogP contribution in [0, 0.1) is 5.82 Å². The Hall–Kier alpha value is -3.02. The summed E-state index contributed by atoms with van der Waals surface area (Å²) in [6, 6.07) is 7.86. The van der Waals surface area contributed by atoms with Crippen LogP contribution in [0.5, 0.6) is 0 Å². The highest BCUT2D eigenvalue weighted by molar-refractivity contribution is 5.65. The summed E-state index contributed by atoms with van der Waals surface area (Å²) in [6.07, 6.45) is 6.52. The van der Waals surface area contributed by atoms with Crippen molar-refractivity contribution in [1.82, 2.24) is 18.8 Å². The summed E-state index contributed by atoms with van der Waals surface area (Å²) >= 11 is 0. The van der Waals surface area contributed by atoms with E-state index in [2.05, 4.69) is 9.97 Å². The van der Waals surface area contributed by atoms with Crippen LogP contribution in [-0.4, -0.2) is 18.8 Å². The number of halogens is 1. The first kappa shape index (κ1) is 11.8. The quantitative estimate of drug-likeness (QED) is 0.537. The Morgan fingerprint density at radius 1 is 1.05 bits per heavy atom. The molecule has 0 amide bonds. The van der Waals surface area contributed by atoms with E-state index >= 15 is 0 Å². The van der Waals surface area contributed by atoms with Crippen molar-refractivity contribution in [2.45, 2.75) is 0 Å². The Bertz CT molecular complexity index is 1030. The molecule has 4 aromatic heterocycles. The zero-order valence-corrected chi connectivity index (χ0v) is 10.8. The normalized spacial score (nSPS) is 11.3. The Morgan fingerprint density at radius 2 is 1.95 bits per heavy atom. The van der Waals surface area contributed by atoms with Crippen LogP contribution in [0.2, 0.25) is 0 Å². The van der Waals surface area contributed by atoms with Crippen molar-refractivity contribution in [2.75, 3.05) is 0 Å². The number of hydrogen-bond acceptors (Lipinski definition) is 3. The van der Waals surface area contributed by atoms with Gasteiger partial charge < -0.3 is 4.40 Å². The van der Waals surface area contributed by atoms with E-state index in [1.54, 1.807) is 6.20 Å². The predicted octanol–water partition coefficient (Wildman–Crippen LogP) is 2.15. The second-order valence-electron chi connectivity index (χ2n) is 4.66. The van der Waals surface area contributed by atoms with Gasteiger partial charge in [0.15, 0.2) is 0 Å². The van der Waals surface area contributed by atoms with Crippen LogP contribution < -0.4 is 5.56 Å². The fourth-order valence-corrected chi connectivity index (χ4v) is 2.29. The van der Waals surface area contributed by atoms with Crippen molar-refractivity contribution in [3.05, 3.63) is 71.3 Å². The Balaban J connectivity index is 1.97. The van der Waals surface area contributed by atoms with Crippen LogP contribution in [0.4, 0.5) is 4.39 Å². The zero-order chi connectivity index (χ0) is 14.4. The summed E-state index contributed by atoms with van der Waals surface area (Å²) in [5, 5.41) is 0. The molecule has 0 fully saturated rings. The van der Waals surface area contributed by atoms with Gasteiger partial charge in [-0.25, -0.2) is 14.4 Å². The summed E-state index contributed by atoms with van der Waals surface area (Å²) in [5.74, 6) is -0.474. The fraction of sp³-hybridized carbons (Fsp3) is 0. The van der Waals surface area contributed by atoms with Crippen molar-refractivity contribution in [3.8, 4) is 11.3 Å². The second-order valence-corrected chi connectivity index (χ2v) is 4.66. The number of aromatic nitrogens is 4. The number of hydrogen-bond donors (Lipinski definition) is 0. The fourth-order valence-electron chi connectivity index (χ4n) is 2.29. The van der Waals surface area contributed by atoms with Gasteiger partial charge >= 0.3 is 0 Å². The lowest BCUT2D eigenvalue weighted by Crippen LogP contribution is -2.14. The summed E-state index contributed by atoms with van der Waals surface area (Å²) < 4.78 is 16.2. The van der Waals surface area contributed by atoms with Crippen molar-refractivity contribution >= 4 is 11.3 Å². The molecule has 0 spiro atoms. The SMILES string of the molecule is O=c1cc(-c2ccn3ccnc3c2)nc2ccc(F)cn12. The average Bonchev–Trinajstić information content (AvgIpc) is 2.95. The molecule has 0 saturated carbocycles. The molecule has 5 nitrogen and oxygen atoms in total. The molecule has 6 heteroatoms. The molecular formula is C15H9FN4O. The molecule has 0 bridgehead atoms. The first-order chi connectivity index (χ1) is 10.2. The predicted molar refractivity (Wildman–Crippen MR) is 75.6 cm³/mol. The number of pyridine rings is 2. The first-order valence-electron chi connectivity index (χ1n) is 6.33. The Morgan fingerprint density at radius 3 is 2.86 bits per heavy atom. The number of rotatable bonds is 1. The van der Waals surface area contributed by atoms with Gasteiger partial charge in [0.1, 0.15) is 17.1 Å². The van der Waals surface area contributed by atoms with Crippen LogP contribution in [0.3, 0.4) is 0 Å². The van der Waals surface area contributed by atoms with E-state index in [4.69, 9.17) is 0 Å². The van der Waals surface area contributed by atoms with Crippen LogP contribution in [0.15, 0.2) is 59.9 Å². The van der Waals surface area contributed by atoms with E-state index in [1.165, 1.54) is 22.6 Å². The van der Waals surface area contributed by atoms with Crippen LogP contribution in [0.25, 0.3) is 22.6 Å². The minimum atomic E-state index is -0.474. The van der Waals surface area contributed by atoms with Gasteiger partial charge in [0.2, 0.25) is 0 Å². The van der Waals surface area contributed by atoms with Gasteiger partial charge in [-0.2, -0.15) is 0 Å². The summed E-state index contributed by atoms with van der Waals surface area (Å²) in [4.78, 5) is 20.7. The molecule has 4 rings (SSSR count). The molecule has 4 heterocycles. The van der Waals surface area contributed by atoms with Gasteiger partial charge in [-0.1, -0.05) is 0 Å². The van der Waals surface area contributed by atoms with Crippen molar-refractivity contribution < 1.29 is 4.39 Å². The molecule has 0 aliphatic carbocycles. The highest BCUT2D eigenvalue weighted by Crippen LogP contribution is 2.18. The standard InChI is InChI=1S/C15H9FN4O/c16-11-1-2-13-18-12(8-15(21)20(13)9-11)10-3-5-19-6-4-17-14(19)7-10/h1-9H. The zero-order valence-electron chi connectivity index (χ0n) is 10.8. The topological polar surface area (TPSA) is 51.7 Å². The van der Waals surface area contributed by atoms with Crippen LogP contribution >= 0.6 is 0 Å². The van der Waals surface area contributed by atoms with Crippen molar-refractivity contribution in [1.29, 1.82) is 0 Å². The largest absolute Gasteiger partial charge is 0.307 e. The second kappa shape index (κ2) is 4.24. The highest BCUT2D eigenvalue weighted by atomic mass is 19.1. The minimum absolute atomic E-state index is 0.322. The van der Waals surface area contributed by atoms with Gasteiger partial charge in [-0.3, -0.25) is 9.20 Å². The minimum Gasteiger partial charge on any atom is -0.307 e. The van der Waals surface area contributed by atoms with Gasteiger partial charge in [-0.05, 0) is 24.3 Å².